The van der Waals surface area contributed by atoms with E-state index in [-0.39, 0.29) is 24.0 Å². The zero-order valence-electron chi connectivity index (χ0n) is 17.0. The quantitative estimate of drug-likeness (QED) is 0.242. The van der Waals surface area contributed by atoms with Gasteiger partial charge in [0, 0.05) is 43.1 Å². The van der Waals surface area contributed by atoms with Crippen molar-refractivity contribution in [1.82, 2.24) is 35.5 Å². The molecule has 1 aromatic carbocycles. The summed E-state index contributed by atoms with van der Waals surface area (Å²) in [5.74, 6) is 2.78. The van der Waals surface area contributed by atoms with E-state index in [1.165, 1.54) is 0 Å². The predicted molar refractivity (Wildman–Crippen MR) is 127 cm³/mol. The lowest BCUT2D eigenvalue weighted by Gasteiger charge is -2.12. The molecule has 3 aromatic rings. The molecular formula is C19H26ClIN8O. The number of hydrogen-bond donors (Lipinski definition) is 2. The second-order valence-electron chi connectivity index (χ2n) is 6.25. The second kappa shape index (κ2) is 12.5. The Morgan fingerprint density at radius 1 is 1.27 bits per heavy atom. The van der Waals surface area contributed by atoms with Crippen LogP contribution in [0.5, 0.6) is 0 Å². The van der Waals surface area contributed by atoms with Gasteiger partial charge in [0.15, 0.2) is 5.96 Å². The van der Waals surface area contributed by atoms with Crippen LogP contribution in [0.2, 0.25) is 5.02 Å². The Kier molecular flexibility index (Phi) is 10.0. The van der Waals surface area contributed by atoms with E-state index < -0.39 is 0 Å². The summed E-state index contributed by atoms with van der Waals surface area (Å²) < 4.78 is 7.36. The zero-order chi connectivity index (χ0) is 20.5. The molecule has 0 saturated carbocycles. The van der Waals surface area contributed by atoms with Crippen LogP contribution >= 0.6 is 35.6 Å². The van der Waals surface area contributed by atoms with Crippen LogP contribution < -0.4 is 10.6 Å². The molecular weight excluding hydrogens is 519 g/mol. The molecule has 0 atom stereocenters. The summed E-state index contributed by atoms with van der Waals surface area (Å²) in [4.78, 5) is 8.99. The topological polar surface area (TPSA) is 106 Å². The first kappa shape index (κ1) is 24.1. The van der Waals surface area contributed by atoms with E-state index in [0.29, 0.717) is 29.7 Å². The lowest BCUT2D eigenvalue weighted by atomic mass is 10.2. The van der Waals surface area contributed by atoms with Gasteiger partial charge >= 0.3 is 0 Å². The lowest BCUT2D eigenvalue weighted by molar-refractivity contribution is 0.380. The van der Waals surface area contributed by atoms with Gasteiger partial charge in [0.2, 0.25) is 11.7 Å². The van der Waals surface area contributed by atoms with Crippen LogP contribution in [0, 0.1) is 0 Å². The van der Waals surface area contributed by atoms with E-state index in [1.807, 2.05) is 29.7 Å². The molecule has 0 amide bonds. The smallest absolute Gasteiger partial charge is 0.228 e. The van der Waals surface area contributed by atoms with Gasteiger partial charge in [0.25, 0.3) is 0 Å². The van der Waals surface area contributed by atoms with Crippen molar-refractivity contribution in [2.45, 2.75) is 33.2 Å². The summed E-state index contributed by atoms with van der Waals surface area (Å²) in [7, 11) is 0. The average molecular weight is 545 g/mol. The van der Waals surface area contributed by atoms with Crippen molar-refractivity contribution in [3.05, 3.63) is 47.3 Å². The highest BCUT2D eigenvalue weighted by Gasteiger charge is 2.09. The first-order chi connectivity index (χ1) is 14.2. The number of aliphatic imine (C=N–C) groups is 1. The second-order valence-corrected chi connectivity index (χ2v) is 6.69. The van der Waals surface area contributed by atoms with Gasteiger partial charge in [-0.25, -0.2) is 0 Å². The highest BCUT2D eigenvalue weighted by atomic mass is 127. The third-order valence-corrected chi connectivity index (χ3v) is 4.38. The number of nitrogens with zero attached hydrogens (tertiary/aromatic N) is 6. The van der Waals surface area contributed by atoms with Crippen molar-refractivity contribution in [2.24, 2.45) is 4.99 Å². The van der Waals surface area contributed by atoms with Crippen molar-refractivity contribution in [3.63, 3.8) is 0 Å². The van der Waals surface area contributed by atoms with Gasteiger partial charge in [-0.05, 0) is 19.1 Å². The Bertz CT molecular complexity index is 942. The monoisotopic (exact) mass is 544 g/mol. The maximum atomic E-state index is 6.01. The Morgan fingerprint density at radius 2 is 2.13 bits per heavy atom. The number of halogens is 2. The summed E-state index contributed by atoms with van der Waals surface area (Å²) in [5.41, 5.74) is 0.825. The molecule has 0 radical (unpaired) electrons. The molecule has 0 aliphatic rings. The Hall–Kier alpha value is -2.21. The van der Waals surface area contributed by atoms with E-state index in [0.717, 1.165) is 43.4 Å². The highest BCUT2D eigenvalue weighted by Crippen LogP contribution is 2.19. The summed E-state index contributed by atoms with van der Waals surface area (Å²) in [6.45, 7) is 6.89. The average Bonchev–Trinajstić information content (AvgIpc) is 3.37. The molecule has 9 nitrogen and oxygen atoms in total. The van der Waals surface area contributed by atoms with Gasteiger partial charge in [-0.15, -0.1) is 34.2 Å². The van der Waals surface area contributed by atoms with Crippen molar-refractivity contribution in [2.75, 3.05) is 19.6 Å². The molecule has 0 spiro atoms. The largest absolute Gasteiger partial charge is 0.357 e. The molecule has 162 valence electrons. The first-order valence-corrected chi connectivity index (χ1v) is 10.0. The molecule has 0 bridgehead atoms. The fourth-order valence-corrected chi connectivity index (χ4v) is 2.93. The van der Waals surface area contributed by atoms with Gasteiger partial charge < -0.3 is 19.7 Å². The van der Waals surface area contributed by atoms with E-state index >= 15 is 0 Å². The molecule has 0 unspecified atom stereocenters. The molecule has 30 heavy (non-hydrogen) atoms. The zero-order valence-corrected chi connectivity index (χ0v) is 20.1. The summed E-state index contributed by atoms with van der Waals surface area (Å²) in [6, 6.07) is 7.37. The standard InChI is InChI=1S/C19H25ClN8O.HI/c1-3-16-26-24-13-28(16)11-10-23-19(21-4-2)22-9-8-17-25-18(27-29-17)14-6-5-7-15(20)12-14;/h5-7,12-13H,3-4,8-11H2,1-2H3,(H2,21,22,23);1H. The number of aryl methyl sites for hydroxylation is 1. The van der Waals surface area contributed by atoms with Gasteiger partial charge in [0.1, 0.15) is 12.2 Å². The number of aromatic nitrogens is 5. The highest BCUT2D eigenvalue weighted by molar-refractivity contribution is 14.0. The normalized spacial score (nSPS) is 11.2. The van der Waals surface area contributed by atoms with E-state index in [2.05, 4.69) is 42.9 Å². The van der Waals surface area contributed by atoms with Crippen LogP contribution in [0.1, 0.15) is 25.6 Å². The molecule has 2 heterocycles. The maximum Gasteiger partial charge on any atom is 0.228 e. The summed E-state index contributed by atoms with van der Waals surface area (Å²) >= 11 is 6.01. The van der Waals surface area contributed by atoms with Crippen LogP contribution in [0.3, 0.4) is 0 Å². The molecule has 0 saturated heterocycles. The maximum absolute atomic E-state index is 6.01. The van der Waals surface area contributed by atoms with Crippen molar-refractivity contribution >= 4 is 41.5 Å². The molecule has 2 aromatic heterocycles. The minimum absolute atomic E-state index is 0. The van der Waals surface area contributed by atoms with Gasteiger partial charge in [0.05, 0.1) is 6.54 Å². The van der Waals surface area contributed by atoms with Gasteiger partial charge in [-0.3, -0.25) is 4.99 Å². The van der Waals surface area contributed by atoms with Gasteiger partial charge in [-0.1, -0.05) is 35.8 Å². The van der Waals surface area contributed by atoms with Crippen LogP contribution in [-0.2, 0) is 19.4 Å². The fraction of sp³-hybridized carbons (Fsp3) is 0.421. The van der Waals surface area contributed by atoms with Crippen LogP contribution in [0.4, 0.5) is 0 Å². The fourth-order valence-electron chi connectivity index (χ4n) is 2.74. The van der Waals surface area contributed by atoms with E-state index in [1.54, 1.807) is 12.4 Å². The van der Waals surface area contributed by atoms with Crippen molar-refractivity contribution < 1.29 is 4.52 Å². The lowest BCUT2D eigenvalue weighted by Crippen LogP contribution is -2.39. The Labute approximate surface area is 197 Å². The molecule has 2 N–H and O–H groups in total. The summed E-state index contributed by atoms with van der Waals surface area (Å²) in [6.07, 6.45) is 3.16. The van der Waals surface area contributed by atoms with Gasteiger partial charge in [-0.2, -0.15) is 4.98 Å². The summed E-state index contributed by atoms with van der Waals surface area (Å²) in [5, 5.41) is 19.2. The molecule has 0 aliphatic carbocycles. The first-order valence-electron chi connectivity index (χ1n) is 9.67. The third-order valence-electron chi connectivity index (χ3n) is 4.15. The van der Waals surface area contributed by atoms with Crippen LogP contribution in [0.15, 0.2) is 40.1 Å². The van der Waals surface area contributed by atoms with E-state index in [9.17, 15) is 0 Å². The molecule has 3 rings (SSSR count). The number of nitrogens with one attached hydrogen (secondary N) is 2. The Morgan fingerprint density at radius 3 is 2.90 bits per heavy atom. The SMILES string of the molecule is CCNC(=NCCc1nc(-c2cccc(Cl)c2)no1)NCCn1cnnc1CC.I. The van der Waals surface area contributed by atoms with E-state index in [4.69, 9.17) is 16.1 Å². The van der Waals surface area contributed by atoms with Crippen LogP contribution in [-0.4, -0.2) is 50.5 Å². The van der Waals surface area contributed by atoms with Crippen molar-refractivity contribution in [1.29, 1.82) is 0 Å². The number of rotatable bonds is 9. The number of guanidine groups is 1. The Balaban J connectivity index is 0.00000320. The molecule has 11 heteroatoms. The van der Waals surface area contributed by atoms with Crippen LogP contribution in [0.25, 0.3) is 11.4 Å². The predicted octanol–water partition coefficient (Wildman–Crippen LogP) is 2.96. The number of benzene rings is 1. The number of hydrogen-bond acceptors (Lipinski definition) is 6. The molecule has 0 aliphatic heterocycles. The minimum Gasteiger partial charge on any atom is -0.357 e. The van der Waals surface area contributed by atoms with Crippen molar-refractivity contribution in [3.8, 4) is 11.4 Å². The minimum atomic E-state index is 0. The molecule has 0 fully saturated rings. The third kappa shape index (κ3) is 6.94.